The van der Waals surface area contributed by atoms with E-state index in [1.54, 1.807) is 10.9 Å². The molecule has 0 bridgehead atoms. The molecule has 8 heteroatoms. The van der Waals surface area contributed by atoms with Crippen LogP contribution in [0.15, 0.2) is 12.7 Å². The molecular formula is C15H20N6O2. The molecule has 3 rings (SSSR count). The fraction of sp³-hybridized carbons (Fsp3) is 0.600. The first-order chi connectivity index (χ1) is 11.1. The van der Waals surface area contributed by atoms with E-state index >= 15 is 0 Å². The summed E-state index contributed by atoms with van der Waals surface area (Å²) in [6.07, 6.45) is 4.02. The summed E-state index contributed by atoms with van der Waals surface area (Å²) in [6.45, 7) is 3.31. The minimum Gasteiger partial charge on any atom is -0.394 e. The lowest BCUT2D eigenvalue weighted by molar-refractivity contribution is 0.0820. The van der Waals surface area contributed by atoms with Crippen LogP contribution in [0, 0.1) is 16.7 Å². The van der Waals surface area contributed by atoms with Crippen molar-refractivity contribution in [1.29, 1.82) is 5.26 Å². The van der Waals surface area contributed by atoms with Crippen molar-refractivity contribution in [2.45, 2.75) is 32.4 Å². The van der Waals surface area contributed by atoms with E-state index in [1.807, 2.05) is 6.92 Å². The molecule has 2 N–H and O–H groups in total. The maximum absolute atomic E-state index is 9.62. The smallest absolute Gasteiger partial charge is 0.165 e. The van der Waals surface area contributed by atoms with Crippen molar-refractivity contribution in [3.63, 3.8) is 0 Å². The summed E-state index contributed by atoms with van der Waals surface area (Å²) in [5, 5.41) is 28.0. The summed E-state index contributed by atoms with van der Waals surface area (Å²) < 4.78 is 1.70. The highest BCUT2D eigenvalue weighted by atomic mass is 16.3. The second-order valence-electron chi connectivity index (χ2n) is 6.30. The molecule has 0 radical (unpaired) electrons. The third-order valence-electron chi connectivity index (χ3n) is 4.27. The molecule has 0 aliphatic carbocycles. The van der Waals surface area contributed by atoms with Gasteiger partial charge in [0.05, 0.1) is 37.1 Å². The second kappa shape index (κ2) is 6.10. The molecule has 122 valence electrons. The van der Waals surface area contributed by atoms with Crippen LogP contribution in [0.2, 0.25) is 0 Å². The summed E-state index contributed by atoms with van der Waals surface area (Å²) in [4.78, 5) is 15.1. The quantitative estimate of drug-likeness (QED) is 0.835. The van der Waals surface area contributed by atoms with Gasteiger partial charge in [-0.15, -0.1) is 0 Å². The number of aromatic nitrogens is 4. The van der Waals surface area contributed by atoms with Crippen LogP contribution in [-0.4, -0.2) is 55.5 Å². The Bertz CT molecular complexity index is 739. The minimum atomic E-state index is -0.859. The Morgan fingerprint density at radius 3 is 3.00 bits per heavy atom. The van der Waals surface area contributed by atoms with E-state index in [0.717, 1.165) is 19.4 Å². The Hall–Kier alpha value is -2.24. The van der Waals surface area contributed by atoms with Crippen molar-refractivity contribution >= 4 is 17.0 Å². The Morgan fingerprint density at radius 2 is 2.26 bits per heavy atom. The van der Waals surface area contributed by atoms with Gasteiger partial charge in [0.2, 0.25) is 0 Å². The van der Waals surface area contributed by atoms with Gasteiger partial charge in [-0.3, -0.25) is 0 Å². The van der Waals surface area contributed by atoms with Crippen molar-refractivity contribution in [3.05, 3.63) is 12.7 Å². The Morgan fingerprint density at radius 1 is 1.43 bits per heavy atom. The number of hydrogen-bond donors (Lipinski definition) is 2. The van der Waals surface area contributed by atoms with Crippen molar-refractivity contribution in [2.24, 2.45) is 5.41 Å². The number of imidazole rings is 1. The van der Waals surface area contributed by atoms with Gasteiger partial charge < -0.3 is 19.7 Å². The van der Waals surface area contributed by atoms with Gasteiger partial charge in [-0.2, -0.15) is 5.26 Å². The lowest BCUT2D eigenvalue weighted by atomic mass is 9.83. The summed E-state index contributed by atoms with van der Waals surface area (Å²) in [5.41, 5.74) is 0.886. The number of rotatable bonds is 4. The maximum atomic E-state index is 9.62. The average Bonchev–Trinajstić information content (AvgIpc) is 2.98. The van der Waals surface area contributed by atoms with E-state index in [4.69, 9.17) is 5.11 Å². The normalized spacial score (nSPS) is 23.0. The molecule has 8 nitrogen and oxygen atoms in total. The molecule has 2 aromatic heterocycles. The molecule has 2 atom stereocenters. The van der Waals surface area contributed by atoms with Gasteiger partial charge >= 0.3 is 0 Å². The SMILES string of the molecule is CC1(C#N)CCCN(c2ncnc3c2ncn3CC(O)CO)C1. The first-order valence-corrected chi connectivity index (χ1v) is 7.67. The van der Waals surface area contributed by atoms with Crippen molar-refractivity contribution < 1.29 is 10.2 Å². The summed E-state index contributed by atoms with van der Waals surface area (Å²) in [5.74, 6) is 0.716. The van der Waals surface area contributed by atoms with E-state index < -0.39 is 6.10 Å². The third-order valence-corrected chi connectivity index (χ3v) is 4.27. The number of anilines is 1. The molecule has 3 heterocycles. The molecule has 1 aliphatic heterocycles. The number of piperidine rings is 1. The topological polar surface area (TPSA) is 111 Å². The molecule has 0 aromatic carbocycles. The molecule has 2 aromatic rings. The predicted molar refractivity (Wildman–Crippen MR) is 83.6 cm³/mol. The number of hydrogen-bond acceptors (Lipinski definition) is 7. The molecule has 1 fully saturated rings. The lowest BCUT2D eigenvalue weighted by Gasteiger charge is -2.36. The summed E-state index contributed by atoms with van der Waals surface area (Å²) >= 11 is 0. The fourth-order valence-corrected chi connectivity index (χ4v) is 3.03. The van der Waals surface area contributed by atoms with Crippen LogP contribution in [0.3, 0.4) is 0 Å². The van der Waals surface area contributed by atoms with E-state index in [1.165, 1.54) is 6.33 Å². The van der Waals surface area contributed by atoms with Crippen LogP contribution in [-0.2, 0) is 6.54 Å². The molecular weight excluding hydrogens is 296 g/mol. The zero-order chi connectivity index (χ0) is 16.4. The van der Waals surface area contributed by atoms with Gasteiger partial charge in [-0.1, -0.05) is 0 Å². The number of aliphatic hydroxyl groups excluding tert-OH is 2. The van der Waals surface area contributed by atoms with E-state index in [0.29, 0.717) is 23.5 Å². The highest BCUT2D eigenvalue weighted by Gasteiger charge is 2.32. The van der Waals surface area contributed by atoms with Crippen molar-refractivity contribution in [1.82, 2.24) is 19.5 Å². The molecule has 2 unspecified atom stereocenters. The number of nitrogens with zero attached hydrogens (tertiary/aromatic N) is 6. The monoisotopic (exact) mass is 316 g/mol. The second-order valence-corrected chi connectivity index (χ2v) is 6.30. The van der Waals surface area contributed by atoms with Crippen molar-refractivity contribution in [3.8, 4) is 6.07 Å². The largest absolute Gasteiger partial charge is 0.394 e. The average molecular weight is 316 g/mol. The van der Waals surface area contributed by atoms with Gasteiger partial charge in [-0.25, -0.2) is 15.0 Å². The van der Waals surface area contributed by atoms with Crippen LogP contribution in [0.25, 0.3) is 11.2 Å². The molecule has 0 saturated carbocycles. The van der Waals surface area contributed by atoms with Crippen LogP contribution in [0.1, 0.15) is 19.8 Å². The first kappa shape index (κ1) is 15.6. The standard InChI is InChI=1S/C15H20N6O2/c1-15(7-16)3-2-4-20(8-15)13-12-14(18-9-17-13)21(10-19-12)5-11(23)6-22/h9-11,22-23H,2-6,8H2,1H3. The van der Waals surface area contributed by atoms with E-state index in [9.17, 15) is 10.4 Å². The van der Waals surface area contributed by atoms with Gasteiger partial charge in [0.25, 0.3) is 0 Å². The summed E-state index contributed by atoms with van der Waals surface area (Å²) in [7, 11) is 0. The third kappa shape index (κ3) is 2.98. The van der Waals surface area contributed by atoms with Gasteiger partial charge in [0.15, 0.2) is 17.0 Å². The van der Waals surface area contributed by atoms with Crippen molar-refractivity contribution in [2.75, 3.05) is 24.6 Å². The molecule has 23 heavy (non-hydrogen) atoms. The highest BCUT2D eigenvalue weighted by Crippen LogP contribution is 2.32. The number of aliphatic hydroxyl groups is 2. The molecule has 1 saturated heterocycles. The van der Waals surface area contributed by atoms with Gasteiger partial charge in [-0.05, 0) is 19.8 Å². The number of fused-ring (bicyclic) bond motifs is 1. The zero-order valence-electron chi connectivity index (χ0n) is 13.1. The zero-order valence-corrected chi connectivity index (χ0v) is 13.1. The highest BCUT2D eigenvalue weighted by molar-refractivity contribution is 5.83. The first-order valence-electron chi connectivity index (χ1n) is 7.67. The molecule has 0 spiro atoms. The van der Waals surface area contributed by atoms with E-state index in [-0.39, 0.29) is 18.6 Å². The minimum absolute atomic E-state index is 0.222. The van der Waals surface area contributed by atoms with Crippen LogP contribution in [0.4, 0.5) is 5.82 Å². The number of nitriles is 1. The molecule has 0 amide bonds. The summed E-state index contributed by atoms with van der Waals surface area (Å²) in [6, 6.07) is 2.40. The fourth-order valence-electron chi connectivity index (χ4n) is 3.03. The van der Waals surface area contributed by atoms with Crippen LogP contribution < -0.4 is 4.90 Å². The van der Waals surface area contributed by atoms with E-state index in [2.05, 4.69) is 25.9 Å². The van der Waals surface area contributed by atoms with Crippen LogP contribution >= 0.6 is 0 Å². The maximum Gasteiger partial charge on any atom is 0.165 e. The van der Waals surface area contributed by atoms with Gasteiger partial charge in [0.1, 0.15) is 6.33 Å². The Balaban J connectivity index is 1.95. The van der Waals surface area contributed by atoms with Crippen LogP contribution in [0.5, 0.6) is 0 Å². The predicted octanol–water partition coefficient (Wildman–Crippen LogP) is 0.310. The lowest BCUT2D eigenvalue weighted by Crippen LogP contribution is -2.41. The Kier molecular flexibility index (Phi) is 4.15. The Labute approximate surface area is 134 Å². The molecule has 1 aliphatic rings. The van der Waals surface area contributed by atoms with Gasteiger partial charge in [0, 0.05) is 13.1 Å².